The molecule has 0 bridgehead atoms. The highest BCUT2D eigenvalue weighted by molar-refractivity contribution is 6.08. The first-order chi connectivity index (χ1) is 14.5. The highest BCUT2D eigenvalue weighted by Gasteiger charge is 2.12. The van der Waals surface area contributed by atoms with Crippen molar-refractivity contribution >= 4 is 32.4 Å². The molecule has 5 aromatic rings. The van der Waals surface area contributed by atoms with Gasteiger partial charge in [-0.1, -0.05) is 88.4 Å². The minimum atomic E-state index is 0.478. The molecule has 0 aliphatic carbocycles. The van der Waals surface area contributed by atoms with E-state index in [1.54, 1.807) is 0 Å². The summed E-state index contributed by atoms with van der Waals surface area (Å²) in [7, 11) is 0. The molecule has 0 atom stereocenters. The van der Waals surface area contributed by atoms with E-state index in [0.717, 1.165) is 11.2 Å². The zero-order chi connectivity index (χ0) is 20.8. The summed E-state index contributed by atoms with van der Waals surface area (Å²) in [6.07, 6.45) is 0. The Hall–Kier alpha value is -3.19. The molecule has 0 fully saturated rings. The third-order valence-corrected chi connectivity index (χ3v) is 6.19. The Morgan fingerprint density at radius 1 is 0.600 bits per heavy atom. The van der Waals surface area contributed by atoms with Crippen LogP contribution in [-0.4, -0.2) is 4.98 Å². The van der Waals surface area contributed by atoms with Gasteiger partial charge in [0.15, 0.2) is 0 Å². The van der Waals surface area contributed by atoms with E-state index in [-0.39, 0.29) is 0 Å². The molecule has 30 heavy (non-hydrogen) atoms. The Kier molecular flexibility index (Phi) is 4.55. The van der Waals surface area contributed by atoms with E-state index in [1.807, 2.05) is 0 Å². The predicted molar refractivity (Wildman–Crippen MR) is 130 cm³/mol. The van der Waals surface area contributed by atoms with Crippen LogP contribution in [0.5, 0.6) is 0 Å². The van der Waals surface area contributed by atoms with Crippen molar-refractivity contribution in [3.63, 3.8) is 0 Å². The molecular formula is C29H27N. The van der Waals surface area contributed by atoms with Gasteiger partial charge in [-0.3, -0.25) is 0 Å². The fourth-order valence-corrected chi connectivity index (χ4v) is 4.42. The number of nitrogens with zero attached hydrogens (tertiary/aromatic N) is 1. The predicted octanol–water partition coefficient (Wildman–Crippen LogP) is 8.46. The second kappa shape index (κ2) is 7.25. The van der Waals surface area contributed by atoms with Crippen LogP contribution in [-0.2, 0) is 0 Å². The lowest BCUT2D eigenvalue weighted by Gasteiger charge is -2.15. The quantitative estimate of drug-likeness (QED) is 0.282. The van der Waals surface area contributed by atoms with Gasteiger partial charge in [0, 0.05) is 10.9 Å². The first kappa shape index (κ1) is 18.8. The van der Waals surface area contributed by atoms with Crippen molar-refractivity contribution in [1.82, 2.24) is 4.98 Å². The molecule has 1 nitrogen and oxygen atoms in total. The Balaban J connectivity index is 1.72. The van der Waals surface area contributed by atoms with Crippen LogP contribution in [0.2, 0.25) is 0 Å². The Labute approximate surface area is 178 Å². The van der Waals surface area contributed by atoms with Crippen LogP contribution in [0.1, 0.15) is 50.7 Å². The molecule has 5 rings (SSSR count). The second-order valence-electron chi connectivity index (χ2n) is 8.91. The molecule has 4 aromatic carbocycles. The first-order valence-corrected chi connectivity index (χ1v) is 10.9. The van der Waals surface area contributed by atoms with E-state index in [2.05, 4.69) is 107 Å². The molecule has 0 aliphatic rings. The Bertz CT molecular complexity index is 1390. The van der Waals surface area contributed by atoms with Crippen molar-refractivity contribution in [2.75, 3.05) is 0 Å². The summed E-state index contributed by atoms with van der Waals surface area (Å²) in [6.45, 7) is 9.04. The molecule has 0 amide bonds. The van der Waals surface area contributed by atoms with Gasteiger partial charge < -0.3 is 0 Å². The molecule has 1 aromatic heterocycles. The third kappa shape index (κ3) is 3.15. The van der Waals surface area contributed by atoms with Crippen LogP contribution in [0.15, 0.2) is 78.9 Å². The topological polar surface area (TPSA) is 12.9 Å². The Morgan fingerprint density at radius 3 is 2.10 bits per heavy atom. The standard InChI is InChI=1S/C29H27N/c1-18(2)23-16-26(19(3)4)25-13-14-28(30-29(25)17-23)22-12-11-21-10-9-20-7-5-6-8-24(20)27(21)15-22/h5-19H,1-4H3. The van der Waals surface area contributed by atoms with E-state index in [1.165, 1.54) is 43.6 Å². The van der Waals surface area contributed by atoms with Gasteiger partial charge in [0.1, 0.15) is 0 Å². The molecule has 0 spiro atoms. The van der Waals surface area contributed by atoms with Crippen LogP contribution in [0.4, 0.5) is 0 Å². The highest BCUT2D eigenvalue weighted by atomic mass is 14.7. The fourth-order valence-electron chi connectivity index (χ4n) is 4.42. The maximum absolute atomic E-state index is 5.12. The SMILES string of the molecule is CC(C)c1cc(C(C)C)c2ccc(-c3ccc4ccc5ccccc5c4c3)nc2c1. The Morgan fingerprint density at radius 2 is 1.33 bits per heavy atom. The van der Waals surface area contributed by atoms with Crippen molar-refractivity contribution in [3.8, 4) is 11.3 Å². The van der Waals surface area contributed by atoms with Gasteiger partial charge in [-0.05, 0) is 62.7 Å². The first-order valence-electron chi connectivity index (χ1n) is 10.9. The summed E-state index contributed by atoms with van der Waals surface area (Å²) in [4.78, 5) is 5.12. The smallest absolute Gasteiger partial charge is 0.0715 e. The fraction of sp³-hybridized carbons (Fsp3) is 0.207. The lowest BCUT2D eigenvalue weighted by Crippen LogP contribution is -1.97. The summed E-state index contributed by atoms with van der Waals surface area (Å²) in [6, 6.07) is 28.8. The molecule has 0 unspecified atom stereocenters. The minimum absolute atomic E-state index is 0.478. The number of hydrogen-bond acceptors (Lipinski definition) is 1. The van der Waals surface area contributed by atoms with Crippen LogP contribution in [0.25, 0.3) is 43.7 Å². The van der Waals surface area contributed by atoms with Crippen molar-refractivity contribution in [2.24, 2.45) is 0 Å². The molecule has 1 heterocycles. The van der Waals surface area contributed by atoms with Crippen molar-refractivity contribution < 1.29 is 0 Å². The van der Waals surface area contributed by atoms with Gasteiger partial charge in [0.05, 0.1) is 11.2 Å². The summed E-state index contributed by atoms with van der Waals surface area (Å²) in [5, 5.41) is 6.39. The van der Waals surface area contributed by atoms with Crippen LogP contribution in [0, 0.1) is 0 Å². The third-order valence-electron chi connectivity index (χ3n) is 6.19. The maximum Gasteiger partial charge on any atom is 0.0715 e. The number of hydrogen-bond donors (Lipinski definition) is 0. The molecular weight excluding hydrogens is 362 g/mol. The van der Waals surface area contributed by atoms with Gasteiger partial charge >= 0.3 is 0 Å². The average Bonchev–Trinajstić information content (AvgIpc) is 2.77. The van der Waals surface area contributed by atoms with E-state index in [4.69, 9.17) is 4.98 Å². The van der Waals surface area contributed by atoms with Gasteiger partial charge in [-0.15, -0.1) is 0 Å². The van der Waals surface area contributed by atoms with E-state index >= 15 is 0 Å². The van der Waals surface area contributed by atoms with Crippen LogP contribution < -0.4 is 0 Å². The zero-order valence-corrected chi connectivity index (χ0v) is 18.1. The highest BCUT2D eigenvalue weighted by Crippen LogP contribution is 2.33. The zero-order valence-electron chi connectivity index (χ0n) is 18.1. The number of benzene rings is 4. The van der Waals surface area contributed by atoms with E-state index in [9.17, 15) is 0 Å². The van der Waals surface area contributed by atoms with E-state index in [0.29, 0.717) is 11.8 Å². The number of fused-ring (bicyclic) bond motifs is 4. The minimum Gasteiger partial charge on any atom is -0.248 e. The van der Waals surface area contributed by atoms with Gasteiger partial charge in [0.25, 0.3) is 0 Å². The number of rotatable bonds is 3. The lowest BCUT2D eigenvalue weighted by molar-refractivity contribution is 0.841. The van der Waals surface area contributed by atoms with Crippen molar-refractivity contribution in [2.45, 2.75) is 39.5 Å². The number of pyridine rings is 1. The number of aromatic nitrogens is 1. The lowest BCUT2D eigenvalue weighted by atomic mass is 9.91. The van der Waals surface area contributed by atoms with Gasteiger partial charge in [-0.25, -0.2) is 4.98 Å². The molecule has 0 radical (unpaired) electrons. The molecule has 0 saturated carbocycles. The monoisotopic (exact) mass is 389 g/mol. The summed E-state index contributed by atoms with van der Waals surface area (Å²) >= 11 is 0. The maximum atomic E-state index is 5.12. The molecule has 1 heteroatoms. The average molecular weight is 390 g/mol. The molecule has 148 valence electrons. The second-order valence-corrected chi connectivity index (χ2v) is 8.91. The normalized spacial score (nSPS) is 11.9. The van der Waals surface area contributed by atoms with Gasteiger partial charge in [0.2, 0.25) is 0 Å². The molecule has 0 aliphatic heterocycles. The van der Waals surface area contributed by atoms with E-state index < -0.39 is 0 Å². The van der Waals surface area contributed by atoms with Crippen LogP contribution in [0.3, 0.4) is 0 Å². The van der Waals surface area contributed by atoms with Gasteiger partial charge in [-0.2, -0.15) is 0 Å². The van der Waals surface area contributed by atoms with Crippen molar-refractivity contribution in [3.05, 3.63) is 90.0 Å². The summed E-state index contributed by atoms with van der Waals surface area (Å²) < 4.78 is 0. The summed E-state index contributed by atoms with van der Waals surface area (Å²) in [5.41, 5.74) is 6.05. The largest absolute Gasteiger partial charge is 0.248 e. The van der Waals surface area contributed by atoms with Crippen LogP contribution >= 0.6 is 0 Å². The molecule has 0 N–H and O–H groups in total. The molecule has 0 saturated heterocycles. The van der Waals surface area contributed by atoms with Crippen molar-refractivity contribution in [1.29, 1.82) is 0 Å². The summed E-state index contributed by atoms with van der Waals surface area (Å²) in [5.74, 6) is 0.968.